The Balaban J connectivity index is 1.56. The maximum Gasteiger partial charge on any atom is 0.264 e. The smallest absolute Gasteiger partial charge is 0.263 e. The van der Waals surface area contributed by atoms with Gasteiger partial charge in [0, 0.05) is 6.04 Å². The van der Waals surface area contributed by atoms with E-state index in [-0.39, 0.29) is 11.9 Å². The first-order valence-corrected chi connectivity index (χ1v) is 13.5. The zero-order valence-corrected chi connectivity index (χ0v) is 20.2. The van der Waals surface area contributed by atoms with Gasteiger partial charge in [0.05, 0.1) is 10.6 Å². The Morgan fingerprint density at radius 2 is 1.76 bits per heavy atom. The summed E-state index contributed by atoms with van der Waals surface area (Å²) in [6.07, 6.45) is 5.77. The Bertz CT molecular complexity index is 1340. The first-order chi connectivity index (χ1) is 16.3. The lowest BCUT2D eigenvalue weighted by molar-refractivity contribution is 0.514. The normalized spacial score (nSPS) is 17.9. The standard InChI is InChI=1S/C28H29F2NO2S/c1-19-9-10-21(26(30)17-19)12-15-24-16-13-22-11-14-23(29)18-27(22)31(24)34(32,33)28-8-4-6-20-5-2-3-7-25(20)28/h4,6,8-11,14,17-18,24H,2-3,5,7,12-13,15-16H2,1H3. The van der Waals surface area contributed by atoms with Gasteiger partial charge in [-0.1, -0.05) is 30.3 Å². The average Bonchev–Trinajstić information content (AvgIpc) is 2.82. The van der Waals surface area contributed by atoms with E-state index in [1.807, 2.05) is 25.1 Å². The van der Waals surface area contributed by atoms with Gasteiger partial charge in [0.1, 0.15) is 11.6 Å². The molecule has 0 saturated carbocycles. The fourth-order valence-corrected chi connectivity index (χ4v) is 7.49. The first kappa shape index (κ1) is 23.0. The highest BCUT2D eigenvalue weighted by Crippen LogP contribution is 2.39. The Morgan fingerprint density at radius 1 is 0.941 bits per heavy atom. The quantitative estimate of drug-likeness (QED) is 0.429. The molecule has 3 aromatic carbocycles. The molecule has 0 fully saturated rings. The van der Waals surface area contributed by atoms with Crippen molar-refractivity contribution in [3.63, 3.8) is 0 Å². The van der Waals surface area contributed by atoms with E-state index < -0.39 is 15.8 Å². The van der Waals surface area contributed by atoms with E-state index >= 15 is 0 Å². The van der Waals surface area contributed by atoms with E-state index in [1.54, 1.807) is 18.2 Å². The van der Waals surface area contributed by atoms with Gasteiger partial charge in [-0.2, -0.15) is 0 Å². The second-order valence-corrected chi connectivity index (χ2v) is 11.3. The van der Waals surface area contributed by atoms with Crippen LogP contribution < -0.4 is 4.31 Å². The predicted octanol–water partition coefficient (Wildman–Crippen LogP) is 6.29. The molecule has 1 atom stereocenters. The number of benzene rings is 3. The van der Waals surface area contributed by atoms with E-state index in [4.69, 9.17) is 0 Å². The minimum Gasteiger partial charge on any atom is -0.263 e. The molecule has 3 nitrogen and oxygen atoms in total. The molecule has 1 aliphatic carbocycles. The minimum atomic E-state index is -3.93. The SMILES string of the molecule is Cc1ccc(CCC2CCc3ccc(F)cc3N2S(=O)(=O)c2cccc3c2CCCC3)c(F)c1. The predicted molar refractivity (Wildman–Crippen MR) is 131 cm³/mol. The lowest BCUT2D eigenvalue weighted by Gasteiger charge is -2.38. The van der Waals surface area contributed by atoms with Gasteiger partial charge in [0.2, 0.25) is 0 Å². The molecule has 6 heteroatoms. The number of halogens is 2. The Kier molecular flexibility index (Phi) is 6.19. The van der Waals surface area contributed by atoms with Crippen molar-refractivity contribution in [2.24, 2.45) is 0 Å². The molecule has 0 saturated heterocycles. The van der Waals surface area contributed by atoms with Crippen LogP contribution >= 0.6 is 0 Å². The Labute approximate surface area is 200 Å². The lowest BCUT2D eigenvalue weighted by atomic mass is 9.92. The molecule has 2 aliphatic rings. The summed E-state index contributed by atoms with van der Waals surface area (Å²) in [7, 11) is -3.93. The second-order valence-electron chi connectivity index (χ2n) is 9.50. The van der Waals surface area contributed by atoms with Gasteiger partial charge in [-0.05, 0) is 110 Å². The molecule has 0 N–H and O–H groups in total. The summed E-state index contributed by atoms with van der Waals surface area (Å²) in [5, 5.41) is 0. The third-order valence-corrected chi connectivity index (χ3v) is 9.16. The molecule has 0 radical (unpaired) electrons. The molecule has 34 heavy (non-hydrogen) atoms. The lowest BCUT2D eigenvalue weighted by Crippen LogP contribution is -2.44. The van der Waals surface area contributed by atoms with E-state index in [0.717, 1.165) is 47.9 Å². The third-order valence-electron chi connectivity index (χ3n) is 7.21. The van der Waals surface area contributed by atoms with Crippen LogP contribution in [0.5, 0.6) is 0 Å². The highest BCUT2D eigenvalue weighted by Gasteiger charge is 2.37. The van der Waals surface area contributed by atoms with Gasteiger partial charge >= 0.3 is 0 Å². The van der Waals surface area contributed by atoms with Gasteiger partial charge in [0.25, 0.3) is 10.0 Å². The average molecular weight is 482 g/mol. The topological polar surface area (TPSA) is 37.4 Å². The summed E-state index contributed by atoms with van der Waals surface area (Å²) < 4.78 is 58.7. The monoisotopic (exact) mass is 481 g/mol. The summed E-state index contributed by atoms with van der Waals surface area (Å²) in [6.45, 7) is 1.84. The number of rotatable bonds is 5. The van der Waals surface area contributed by atoms with E-state index in [2.05, 4.69) is 0 Å². The fraction of sp³-hybridized carbons (Fsp3) is 0.357. The van der Waals surface area contributed by atoms with Crippen LogP contribution in [0.4, 0.5) is 14.5 Å². The number of anilines is 1. The molecule has 0 amide bonds. The molecular weight excluding hydrogens is 452 g/mol. The number of sulfonamides is 1. The highest BCUT2D eigenvalue weighted by molar-refractivity contribution is 7.93. The molecule has 1 aliphatic heterocycles. The second kappa shape index (κ2) is 9.14. The van der Waals surface area contributed by atoms with Crippen molar-refractivity contribution in [3.8, 4) is 0 Å². The van der Waals surface area contributed by atoms with Gasteiger partial charge < -0.3 is 0 Å². The molecule has 1 unspecified atom stereocenters. The van der Waals surface area contributed by atoms with Gasteiger partial charge in [0.15, 0.2) is 0 Å². The number of hydrogen-bond donors (Lipinski definition) is 0. The number of aryl methyl sites for hydroxylation is 4. The molecular formula is C28H29F2NO2S. The van der Waals surface area contributed by atoms with Crippen LogP contribution in [-0.2, 0) is 35.7 Å². The summed E-state index contributed by atoms with van der Waals surface area (Å²) in [6, 6.07) is 14.7. The molecule has 0 spiro atoms. The number of fused-ring (bicyclic) bond motifs is 2. The maximum absolute atomic E-state index is 14.5. The van der Waals surface area contributed by atoms with Crippen molar-refractivity contribution in [3.05, 3.63) is 94.0 Å². The van der Waals surface area contributed by atoms with E-state index in [9.17, 15) is 17.2 Å². The fourth-order valence-electron chi connectivity index (χ4n) is 5.45. The van der Waals surface area contributed by atoms with Crippen molar-refractivity contribution in [1.82, 2.24) is 0 Å². The van der Waals surface area contributed by atoms with Crippen molar-refractivity contribution < 1.29 is 17.2 Å². The van der Waals surface area contributed by atoms with Crippen LogP contribution in [-0.4, -0.2) is 14.5 Å². The molecule has 5 rings (SSSR count). The zero-order valence-electron chi connectivity index (χ0n) is 19.4. The van der Waals surface area contributed by atoms with Crippen LogP contribution in [0.25, 0.3) is 0 Å². The summed E-state index contributed by atoms with van der Waals surface area (Å²) in [5.74, 6) is -0.729. The Morgan fingerprint density at radius 3 is 2.59 bits per heavy atom. The van der Waals surface area contributed by atoms with Crippen molar-refractivity contribution in [1.29, 1.82) is 0 Å². The third kappa shape index (κ3) is 4.24. The van der Waals surface area contributed by atoms with Crippen molar-refractivity contribution >= 4 is 15.7 Å². The summed E-state index contributed by atoms with van der Waals surface area (Å²) >= 11 is 0. The zero-order chi connectivity index (χ0) is 23.9. The minimum absolute atomic E-state index is 0.270. The molecule has 0 aromatic heterocycles. The molecule has 0 bridgehead atoms. The highest BCUT2D eigenvalue weighted by atomic mass is 32.2. The van der Waals surface area contributed by atoms with Crippen LogP contribution in [0, 0.1) is 18.6 Å². The molecule has 1 heterocycles. The van der Waals surface area contributed by atoms with Gasteiger partial charge in [-0.3, -0.25) is 4.31 Å². The van der Waals surface area contributed by atoms with Crippen molar-refractivity contribution in [2.75, 3.05) is 4.31 Å². The number of hydrogen-bond acceptors (Lipinski definition) is 2. The van der Waals surface area contributed by atoms with E-state index in [0.29, 0.717) is 41.8 Å². The summed E-state index contributed by atoms with van der Waals surface area (Å²) in [5.41, 5.74) is 4.63. The van der Waals surface area contributed by atoms with Crippen LogP contribution in [0.1, 0.15) is 53.5 Å². The maximum atomic E-state index is 14.5. The van der Waals surface area contributed by atoms with Crippen LogP contribution in [0.15, 0.2) is 59.5 Å². The molecule has 178 valence electrons. The van der Waals surface area contributed by atoms with E-state index in [1.165, 1.54) is 22.5 Å². The Hall–Kier alpha value is -2.73. The van der Waals surface area contributed by atoms with Crippen LogP contribution in [0.3, 0.4) is 0 Å². The van der Waals surface area contributed by atoms with Crippen molar-refractivity contribution in [2.45, 2.75) is 69.2 Å². The first-order valence-electron chi connectivity index (χ1n) is 12.0. The summed E-state index contributed by atoms with van der Waals surface area (Å²) in [4.78, 5) is 0.327. The van der Waals surface area contributed by atoms with Gasteiger partial charge in [-0.25, -0.2) is 17.2 Å². The molecule has 3 aromatic rings. The van der Waals surface area contributed by atoms with Gasteiger partial charge in [-0.15, -0.1) is 0 Å². The largest absolute Gasteiger partial charge is 0.264 e. The number of nitrogens with zero attached hydrogens (tertiary/aromatic N) is 1. The van der Waals surface area contributed by atoms with Crippen LogP contribution in [0.2, 0.25) is 0 Å².